The van der Waals surface area contributed by atoms with Gasteiger partial charge in [-0.05, 0) is 230 Å². The van der Waals surface area contributed by atoms with E-state index in [9.17, 15) is 99.4 Å². The largest absolute Gasteiger partial charge is 0.416 e. The van der Waals surface area contributed by atoms with Crippen LogP contribution in [0.3, 0.4) is 0 Å². The zero-order chi connectivity index (χ0) is 107. The number of fused-ring (bicyclic) bond motifs is 5. The smallest absolute Gasteiger partial charge is 0.370 e. The highest BCUT2D eigenvalue weighted by molar-refractivity contribution is 5.97. The van der Waals surface area contributed by atoms with Crippen molar-refractivity contribution in [2.24, 2.45) is 14.1 Å². The molecule has 5 aromatic carbocycles. The number of amides is 7. The van der Waals surface area contributed by atoms with Crippen molar-refractivity contribution < 1.29 is 99.4 Å². The number of carbonyl (C=O) groups excluding carboxylic acids is 7. The third-order valence-corrected chi connectivity index (χ3v) is 31.2. The number of halogens is 15. The number of nitrogens with zero attached hydrogens (tertiary/aromatic N) is 16. The fourth-order valence-corrected chi connectivity index (χ4v) is 23.2. The first kappa shape index (κ1) is 110. The van der Waals surface area contributed by atoms with Crippen molar-refractivity contribution in [2.45, 2.75) is 242 Å². The lowest BCUT2D eigenvalue weighted by molar-refractivity contribution is -0.139. The number of aromatic nitrogens is 10. The number of H-pyrrole nitrogens is 2. The summed E-state index contributed by atoms with van der Waals surface area (Å²) in [6.45, 7) is 17.9. The molecule has 150 heavy (non-hydrogen) atoms. The van der Waals surface area contributed by atoms with Gasteiger partial charge in [0.05, 0.1) is 40.1 Å². The molecule has 0 bridgehead atoms. The zero-order valence-corrected chi connectivity index (χ0v) is 84.9. The van der Waals surface area contributed by atoms with Crippen LogP contribution >= 0.6 is 0 Å². The van der Waals surface area contributed by atoms with Crippen molar-refractivity contribution in [3.63, 3.8) is 0 Å². The highest BCUT2D eigenvalue weighted by Gasteiger charge is 2.46. The summed E-state index contributed by atoms with van der Waals surface area (Å²) in [5.41, 5.74) is 11.6. The van der Waals surface area contributed by atoms with Gasteiger partial charge in [0.15, 0.2) is 28.5 Å². The molecule has 2 aliphatic carbocycles. The van der Waals surface area contributed by atoms with Gasteiger partial charge in [0, 0.05) is 202 Å². The second kappa shape index (κ2) is 46.4. The van der Waals surface area contributed by atoms with Crippen LogP contribution in [0.1, 0.15) is 305 Å². The molecular weight excluding hydrogens is 1970 g/mol. The molecule has 7 amide bonds. The molecule has 0 spiro atoms. The normalized spacial score (nSPS) is 17.8. The SMILES string of the molecule is C=C(CNC)N1CCCc2[nH]nc(C(=O)N3CCC(c4ccccc4C(F)(F)F)CC3)c2C1.CC(=O)N1CCc2[nH]nc(C(=O)N3CCC(c4ccccc4C(F)(F)F)CC3)c2C1.CCn1nc(C(=O)N2CCC(c3ccccc3C(F)(F)F)CC2)c2c1CN(C(C)=O)CC2.Cn1nc(C(=O)N2CCC(c3ccccc3C(F)(F)F)CC2)c2c1CCC2.Cn1nc(C(=O)N2CCC(c3ccccc3C(F)(F)F)CC2)c2c1CCCC2. The number of hydrogen-bond acceptors (Lipinski definition) is 14. The number of aromatic amines is 2. The Hall–Kier alpha value is -13.1. The molecule has 20 rings (SSSR count). The molecule has 5 saturated heterocycles. The molecule has 5 aromatic heterocycles. The molecule has 10 aliphatic rings. The Morgan fingerprint density at radius 1 is 0.327 bits per heavy atom. The Kier molecular flexibility index (Phi) is 33.9. The first-order valence-electron chi connectivity index (χ1n) is 51.6. The maximum Gasteiger partial charge on any atom is 0.416 e. The lowest BCUT2D eigenvalue weighted by Gasteiger charge is -2.33. The van der Waals surface area contributed by atoms with Gasteiger partial charge in [-0.2, -0.15) is 91.3 Å². The molecule has 8 aliphatic heterocycles. The quantitative estimate of drug-likeness (QED) is 0.0855. The van der Waals surface area contributed by atoms with Gasteiger partial charge in [-0.1, -0.05) is 97.6 Å². The van der Waals surface area contributed by atoms with Crippen LogP contribution in [0.2, 0.25) is 0 Å². The lowest BCUT2D eigenvalue weighted by Crippen LogP contribution is -2.40. The molecule has 0 unspecified atom stereocenters. The van der Waals surface area contributed by atoms with Gasteiger partial charge in [-0.3, -0.25) is 57.8 Å². The van der Waals surface area contributed by atoms with Crippen LogP contribution in [-0.4, -0.2) is 229 Å². The molecule has 10 aromatic rings. The number of likely N-dealkylation sites (N-methyl/N-ethyl adjacent to an activating group) is 1. The molecule has 5 fully saturated rings. The van der Waals surface area contributed by atoms with E-state index < -0.39 is 58.7 Å². The van der Waals surface area contributed by atoms with E-state index in [2.05, 4.69) is 52.5 Å². The summed E-state index contributed by atoms with van der Waals surface area (Å²) in [5, 5.41) is 31.0. The zero-order valence-electron chi connectivity index (χ0n) is 84.9. The van der Waals surface area contributed by atoms with E-state index in [4.69, 9.17) is 0 Å². The average Bonchev–Trinajstić information content (AvgIpc) is 1.62. The summed E-state index contributed by atoms with van der Waals surface area (Å²) in [4.78, 5) is 103. The maximum atomic E-state index is 13.4. The Morgan fingerprint density at radius 3 is 0.947 bits per heavy atom. The number of likely N-dealkylation sites (tertiary alicyclic amines) is 5. The average molecular weight is 2100 g/mol. The van der Waals surface area contributed by atoms with Gasteiger partial charge in [-0.15, -0.1) is 0 Å². The Bertz CT molecular complexity index is 6520. The first-order valence-corrected chi connectivity index (χ1v) is 51.6. The standard InChI is InChI=1S/C24H30F3N5O.C23H27F3N4O2.C21H23F3N4O2.C21H24F3N3O.C20H22F3N3O/c1-16(14-28-2)32-11-5-8-21-19(15-32)22(30-29-21)23(33)31-12-9-17(10-13-31)18-6-3-4-7-20(18)24(25,26)27;1-3-30-20-14-29(15(2)31)13-10-18(20)21(27-30)22(32)28-11-8-16(9-12-28)17-6-4-5-7-19(17)23(24,25)26;1-13(29)28-11-8-18-16(12-28)19(26-25-18)20(30)27-9-6-14(7-10-27)15-4-2-3-5-17(15)21(22,23)24;1-26-18-9-5-3-7-16(18)19(25-26)20(28)27-12-10-14(11-13-27)15-6-2-4-8-17(15)21(22,23)24;1-25-17-8-4-6-15(17)18(24-25)19(27)26-11-9-13(10-12-26)14-5-2-3-7-16(14)20(21,22)23/h3-4,6-7,17,28H,1,5,8-15H2,2H3,(H,29,30);4-7,16H,3,8-14H2,1-2H3;2-5,14H,6-12H2,1H3,(H,25,26);2,4,6,8,14H,3,5,7,9-13H2,1H3;2-3,5,7,13H,4,6,8-12H2,1H3. The van der Waals surface area contributed by atoms with Crippen LogP contribution in [0, 0.1) is 0 Å². The van der Waals surface area contributed by atoms with Crippen molar-refractivity contribution in [3.05, 3.63) is 274 Å². The molecule has 0 saturated carbocycles. The molecule has 13 heterocycles. The number of hydrogen-bond donors (Lipinski definition) is 3. The van der Waals surface area contributed by atoms with Crippen molar-refractivity contribution in [1.29, 1.82) is 0 Å². The highest BCUT2D eigenvalue weighted by Crippen LogP contribution is 2.47. The Balaban J connectivity index is 0.000000134. The fraction of sp³-hybridized carbons (Fsp3) is 0.505. The summed E-state index contributed by atoms with van der Waals surface area (Å²) >= 11 is 0. The van der Waals surface area contributed by atoms with Gasteiger partial charge in [0.1, 0.15) is 0 Å². The minimum absolute atomic E-state index is 0.00594. The van der Waals surface area contributed by atoms with Crippen LogP contribution < -0.4 is 5.32 Å². The number of benzene rings is 5. The van der Waals surface area contributed by atoms with Crippen LogP contribution in [-0.2, 0) is 126 Å². The van der Waals surface area contributed by atoms with Gasteiger partial charge in [0.2, 0.25) is 11.8 Å². The van der Waals surface area contributed by atoms with Crippen molar-refractivity contribution >= 4 is 41.4 Å². The maximum absolute atomic E-state index is 13.4. The van der Waals surface area contributed by atoms with E-state index >= 15 is 0 Å². The van der Waals surface area contributed by atoms with Gasteiger partial charge >= 0.3 is 30.9 Å². The van der Waals surface area contributed by atoms with Crippen molar-refractivity contribution in [2.75, 3.05) is 98.7 Å². The number of alkyl halides is 15. The van der Waals surface area contributed by atoms with Crippen molar-refractivity contribution in [3.8, 4) is 0 Å². The lowest BCUT2D eigenvalue weighted by atomic mass is 9.86. The van der Waals surface area contributed by atoms with Crippen LogP contribution in [0.15, 0.2) is 134 Å². The number of piperidine rings is 5. The molecule has 3 N–H and O–H groups in total. The van der Waals surface area contributed by atoms with E-state index in [-0.39, 0.29) is 70.9 Å². The molecule has 26 nitrogen and oxygen atoms in total. The second-order valence-corrected chi connectivity index (χ2v) is 40.3. The van der Waals surface area contributed by atoms with E-state index in [0.29, 0.717) is 245 Å². The summed E-state index contributed by atoms with van der Waals surface area (Å²) in [6.07, 6.45) is -7.02. The summed E-state index contributed by atoms with van der Waals surface area (Å²) in [5.74, 6) is -1.85. The minimum atomic E-state index is -4.39. The highest BCUT2D eigenvalue weighted by atomic mass is 19.4. The monoisotopic (exact) mass is 2100 g/mol. The predicted octanol–water partition coefficient (Wildman–Crippen LogP) is 19.4. The summed E-state index contributed by atoms with van der Waals surface area (Å²) in [7, 11) is 5.61. The number of carbonyl (C=O) groups is 7. The van der Waals surface area contributed by atoms with E-state index in [1.165, 1.54) is 50.2 Å². The van der Waals surface area contributed by atoms with Gasteiger partial charge in [-0.25, -0.2) is 0 Å². The van der Waals surface area contributed by atoms with Gasteiger partial charge < -0.3 is 44.5 Å². The Morgan fingerprint density at radius 2 is 0.613 bits per heavy atom. The Labute approximate surface area is 859 Å². The third-order valence-electron chi connectivity index (χ3n) is 31.2. The molecular formula is C109H126F15N19O7. The molecule has 0 atom stereocenters. The number of nitrogens with one attached hydrogen (secondary N) is 3. The number of aryl methyl sites for hydroxylation is 4. The molecule has 804 valence electrons. The van der Waals surface area contributed by atoms with E-state index in [1.807, 2.05) is 32.7 Å². The van der Waals surface area contributed by atoms with Crippen LogP contribution in [0.5, 0.6) is 0 Å². The van der Waals surface area contributed by atoms with Crippen LogP contribution in [0.25, 0.3) is 0 Å². The first-order chi connectivity index (χ1) is 71.5. The van der Waals surface area contributed by atoms with E-state index in [1.54, 1.807) is 98.3 Å². The fourth-order valence-electron chi connectivity index (χ4n) is 23.2. The second-order valence-electron chi connectivity index (χ2n) is 40.3. The van der Waals surface area contributed by atoms with Crippen molar-refractivity contribution in [1.82, 2.24) is 94.3 Å². The van der Waals surface area contributed by atoms with E-state index in [0.717, 1.165) is 157 Å². The minimum Gasteiger partial charge on any atom is -0.370 e. The van der Waals surface area contributed by atoms with Gasteiger partial charge in [0.25, 0.3) is 29.5 Å². The topological polar surface area (TPSA) is 268 Å². The summed E-state index contributed by atoms with van der Waals surface area (Å²) < 4.78 is 206. The number of rotatable bonds is 14. The predicted molar refractivity (Wildman–Crippen MR) is 528 cm³/mol. The third kappa shape index (κ3) is 24.5. The molecule has 0 radical (unpaired) electrons. The van der Waals surface area contributed by atoms with Crippen LogP contribution in [0.4, 0.5) is 65.9 Å². The molecule has 41 heteroatoms. The summed E-state index contributed by atoms with van der Waals surface area (Å²) in [6, 6.07) is 28.7.